The SMILES string of the molecule is Clc1cc(C2=C(c3ccccc3)OC=CO2)c(Cl)c(Cl)c1Cl. The van der Waals surface area contributed by atoms with Gasteiger partial charge in [-0.2, -0.15) is 0 Å². The Balaban J connectivity index is 2.22. The molecule has 0 atom stereocenters. The molecule has 112 valence electrons. The van der Waals surface area contributed by atoms with Crippen molar-refractivity contribution in [2.75, 3.05) is 0 Å². The number of benzene rings is 2. The standard InChI is InChI=1S/C16H8Cl4O2/c17-11-8-10(12(18)14(20)13(11)19)16-15(21-6-7-22-16)9-4-2-1-3-5-9/h1-8H. The van der Waals surface area contributed by atoms with Crippen LogP contribution in [-0.4, -0.2) is 0 Å². The second kappa shape index (κ2) is 6.43. The van der Waals surface area contributed by atoms with Crippen LogP contribution in [0.25, 0.3) is 11.5 Å². The minimum absolute atomic E-state index is 0.170. The fraction of sp³-hybridized carbons (Fsp3) is 0. The van der Waals surface area contributed by atoms with E-state index in [2.05, 4.69) is 0 Å². The van der Waals surface area contributed by atoms with Crippen molar-refractivity contribution in [2.45, 2.75) is 0 Å². The first-order valence-corrected chi connectivity index (χ1v) is 7.72. The fourth-order valence-electron chi connectivity index (χ4n) is 2.01. The van der Waals surface area contributed by atoms with E-state index in [1.54, 1.807) is 6.07 Å². The predicted molar refractivity (Wildman–Crippen MR) is 91.0 cm³/mol. The van der Waals surface area contributed by atoms with Gasteiger partial charge in [0.2, 0.25) is 0 Å². The van der Waals surface area contributed by atoms with Crippen LogP contribution < -0.4 is 0 Å². The first-order valence-electron chi connectivity index (χ1n) is 6.21. The average molecular weight is 374 g/mol. The maximum Gasteiger partial charge on any atom is 0.178 e. The molecule has 0 N–H and O–H groups in total. The molecule has 22 heavy (non-hydrogen) atoms. The van der Waals surface area contributed by atoms with Crippen LogP contribution in [-0.2, 0) is 9.47 Å². The lowest BCUT2D eigenvalue weighted by molar-refractivity contribution is 0.335. The number of hydrogen-bond acceptors (Lipinski definition) is 2. The van der Waals surface area contributed by atoms with Crippen LogP contribution in [0.15, 0.2) is 48.9 Å². The molecule has 3 rings (SSSR count). The van der Waals surface area contributed by atoms with Crippen LogP contribution in [0.2, 0.25) is 20.1 Å². The largest absolute Gasteiger partial charge is 0.457 e. The monoisotopic (exact) mass is 372 g/mol. The van der Waals surface area contributed by atoms with Crippen molar-refractivity contribution >= 4 is 57.9 Å². The summed E-state index contributed by atoms with van der Waals surface area (Å²) in [5.41, 5.74) is 1.34. The van der Waals surface area contributed by atoms with Crippen molar-refractivity contribution < 1.29 is 9.47 Å². The molecule has 2 aromatic rings. The number of ether oxygens (including phenoxy) is 2. The van der Waals surface area contributed by atoms with E-state index < -0.39 is 0 Å². The fourth-order valence-corrected chi connectivity index (χ4v) is 2.90. The van der Waals surface area contributed by atoms with Crippen molar-refractivity contribution in [1.29, 1.82) is 0 Å². The van der Waals surface area contributed by atoms with Gasteiger partial charge in [-0.3, -0.25) is 0 Å². The Kier molecular flexibility index (Phi) is 4.55. The van der Waals surface area contributed by atoms with Gasteiger partial charge in [-0.15, -0.1) is 0 Å². The molecule has 0 aromatic heterocycles. The molecule has 0 saturated carbocycles. The van der Waals surface area contributed by atoms with Crippen LogP contribution in [0.4, 0.5) is 0 Å². The van der Waals surface area contributed by atoms with Crippen molar-refractivity contribution in [1.82, 2.24) is 0 Å². The van der Waals surface area contributed by atoms with E-state index in [-0.39, 0.29) is 20.1 Å². The molecule has 0 bridgehead atoms. The Morgan fingerprint density at radius 2 is 1.32 bits per heavy atom. The van der Waals surface area contributed by atoms with Gasteiger partial charge in [0.1, 0.15) is 12.5 Å². The smallest absolute Gasteiger partial charge is 0.178 e. The van der Waals surface area contributed by atoms with Crippen LogP contribution >= 0.6 is 46.4 Å². The van der Waals surface area contributed by atoms with Crippen molar-refractivity contribution in [3.05, 3.63) is 80.1 Å². The van der Waals surface area contributed by atoms with E-state index >= 15 is 0 Å². The lowest BCUT2D eigenvalue weighted by Crippen LogP contribution is -2.01. The van der Waals surface area contributed by atoms with E-state index in [0.717, 1.165) is 5.56 Å². The summed E-state index contributed by atoms with van der Waals surface area (Å²) in [5, 5.41) is 0.901. The molecule has 6 heteroatoms. The van der Waals surface area contributed by atoms with Crippen molar-refractivity contribution in [2.24, 2.45) is 0 Å². The molecule has 1 aliphatic heterocycles. The van der Waals surface area contributed by atoms with Gasteiger partial charge in [-0.05, 0) is 6.07 Å². The van der Waals surface area contributed by atoms with Gasteiger partial charge in [0, 0.05) is 11.1 Å². The lowest BCUT2D eigenvalue weighted by Gasteiger charge is -2.19. The zero-order valence-electron chi connectivity index (χ0n) is 10.9. The number of halogens is 4. The van der Waals surface area contributed by atoms with Gasteiger partial charge >= 0.3 is 0 Å². The van der Waals surface area contributed by atoms with Gasteiger partial charge in [-0.25, -0.2) is 0 Å². The highest BCUT2D eigenvalue weighted by atomic mass is 35.5. The van der Waals surface area contributed by atoms with E-state index in [9.17, 15) is 0 Å². The highest BCUT2D eigenvalue weighted by molar-refractivity contribution is 6.52. The molecule has 2 aromatic carbocycles. The molecule has 2 nitrogen and oxygen atoms in total. The Hall–Kier alpha value is -1.32. The van der Waals surface area contributed by atoms with Gasteiger partial charge in [0.05, 0.1) is 20.1 Å². The van der Waals surface area contributed by atoms with Gasteiger partial charge < -0.3 is 9.47 Å². The minimum Gasteiger partial charge on any atom is -0.457 e. The third-order valence-electron chi connectivity index (χ3n) is 3.02. The Morgan fingerprint density at radius 1 is 0.682 bits per heavy atom. The molecule has 0 fully saturated rings. The molecular weight excluding hydrogens is 366 g/mol. The lowest BCUT2D eigenvalue weighted by atomic mass is 10.1. The molecule has 0 unspecified atom stereocenters. The third kappa shape index (κ3) is 2.80. The average Bonchev–Trinajstić information content (AvgIpc) is 2.57. The zero-order chi connectivity index (χ0) is 15.7. The van der Waals surface area contributed by atoms with E-state index in [0.29, 0.717) is 17.1 Å². The predicted octanol–water partition coefficient (Wildman–Crippen LogP) is 6.64. The minimum atomic E-state index is 0.170. The van der Waals surface area contributed by atoms with E-state index in [1.165, 1.54) is 12.5 Å². The Morgan fingerprint density at radius 3 is 2.00 bits per heavy atom. The highest BCUT2D eigenvalue weighted by Crippen LogP contribution is 2.43. The highest BCUT2D eigenvalue weighted by Gasteiger charge is 2.23. The molecule has 1 aliphatic rings. The summed E-state index contributed by atoms with van der Waals surface area (Å²) >= 11 is 24.5. The number of rotatable bonds is 2. The zero-order valence-corrected chi connectivity index (χ0v) is 14.0. The summed E-state index contributed by atoms with van der Waals surface area (Å²) in [6, 6.07) is 11.1. The molecule has 0 amide bonds. The van der Waals surface area contributed by atoms with Gasteiger partial charge in [-0.1, -0.05) is 76.7 Å². The summed E-state index contributed by atoms with van der Waals surface area (Å²) in [5.74, 6) is 0.929. The summed E-state index contributed by atoms with van der Waals surface area (Å²) in [4.78, 5) is 0. The van der Waals surface area contributed by atoms with Gasteiger partial charge in [0.15, 0.2) is 11.5 Å². The van der Waals surface area contributed by atoms with Gasteiger partial charge in [0.25, 0.3) is 0 Å². The summed E-state index contributed by atoms with van der Waals surface area (Å²) in [6.45, 7) is 0. The topological polar surface area (TPSA) is 18.5 Å². The van der Waals surface area contributed by atoms with Crippen LogP contribution in [0.1, 0.15) is 11.1 Å². The first-order chi connectivity index (χ1) is 10.6. The molecule has 0 spiro atoms. The Bertz CT molecular complexity index is 782. The Labute approximate surface area is 147 Å². The molecule has 1 heterocycles. The number of hydrogen-bond donors (Lipinski definition) is 0. The van der Waals surface area contributed by atoms with E-state index in [1.807, 2.05) is 30.3 Å². The van der Waals surface area contributed by atoms with Crippen molar-refractivity contribution in [3.8, 4) is 0 Å². The maximum absolute atomic E-state index is 6.29. The molecule has 0 saturated heterocycles. The summed E-state index contributed by atoms with van der Waals surface area (Å²) in [7, 11) is 0. The molecule has 0 radical (unpaired) electrons. The van der Waals surface area contributed by atoms with Crippen LogP contribution in [0.5, 0.6) is 0 Å². The normalized spacial score (nSPS) is 13.8. The van der Waals surface area contributed by atoms with Crippen LogP contribution in [0, 0.1) is 0 Å². The summed E-state index contributed by atoms with van der Waals surface area (Å²) in [6.07, 6.45) is 2.85. The van der Waals surface area contributed by atoms with Crippen LogP contribution in [0.3, 0.4) is 0 Å². The second-order valence-corrected chi connectivity index (χ2v) is 5.92. The maximum atomic E-state index is 6.29. The third-order valence-corrected chi connectivity index (χ3v) is 4.77. The molecular formula is C16H8Cl4O2. The molecule has 0 aliphatic carbocycles. The first kappa shape index (κ1) is 15.6. The van der Waals surface area contributed by atoms with E-state index in [4.69, 9.17) is 55.9 Å². The summed E-state index contributed by atoms with van der Waals surface area (Å²) < 4.78 is 11.2. The second-order valence-electron chi connectivity index (χ2n) is 4.38. The van der Waals surface area contributed by atoms with Crippen molar-refractivity contribution in [3.63, 3.8) is 0 Å². The quantitative estimate of drug-likeness (QED) is 0.433.